The number of alkyl halides is 1. The van der Waals surface area contributed by atoms with Crippen LogP contribution in [0.4, 0.5) is 0 Å². The minimum atomic E-state index is -2.46. The molecule has 1 aliphatic heterocycles. The zero-order chi connectivity index (χ0) is 12.9. The van der Waals surface area contributed by atoms with Gasteiger partial charge in [-0.1, -0.05) is 27.9 Å². The van der Waals surface area contributed by atoms with Gasteiger partial charge in [-0.2, -0.15) is 0 Å². The van der Waals surface area contributed by atoms with Crippen molar-refractivity contribution in [2.45, 2.75) is 16.6 Å². The average molecular weight is 344 g/mol. The van der Waals surface area contributed by atoms with Crippen LogP contribution in [0.3, 0.4) is 0 Å². The lowest BCUT2D eigenvalue weighted by molar-refractivity contribution is -0.116. The molecule has 1 fully saturated rings. The van der Waals surface area contributed by atoms with Gasteiger partial charge >= 0.3 is 8.80 Å². The molecule has 1 rings (SSSR count). The van der Waals surface area contributed by atoms with Crippen LogP contribution in [-0.2, 0) is 18.1 Å². The SMILES string of the molecule is CO[Si](CCCN1CC(=O)C(Br)S1)(OC)OC. The van der Waals surface area contributed by atoms with Gasteiger partial charge in [0.2, 0.25) is 0 Å². The predicted molar refractivity (Wildman–Crippen MR) is 73.1 cm³/mol. The summed E-state index contributed by atoms with van der Waals surface area (Å²) in [6, 6.07) is 0.759. The maximum Gasteiger partial charge on any atom is 0.500 e. The molecule has 0 spiro atoms. The monoisotopic (exact) mass is 343 g/mol. The Morgan fingerprint density at radius 3 is 2.41 bits per heavy atom. The Balaban J connectivity index is 2.30. The van der Waals surface area contributed by atoms with E-state index in [1.165, 1.54) is 0 Å². The molecule has 100 valence electrons. The average Bonchev–Trinajstić information content (AvgIpc) is 2.65. The second-order valence-electron chi connectivity index (χ2n) is 3.65. The molecule has 17 heavy (non-hydrogen) atoms. The predicted octanol–water partition coefficient (Wildman–Crippen LogP) is 1.51. The van der Waals surface area contributed by atoms with Crippen molar-refractivity contribution >= 4 is 42.5 Å². The lowest BCUT2D eigenvalue weighted by Gasteiger charge is -2.24. The van der Waals surface area contributed by atoms with Crippen LogP contribution in [-0.4, -0.2) is 57.5 Å². The fraction of sp³-hybridized carbons (Fsp3) is 0.889. The molecule has 0 aliphatic carbocycles. The van der Waals surface area contributed by atoms with Crippen molar-refractivity contribution in [3.63, 3.8) is 0 Å². The van der Waals surface area contributed by atoms with Gasteiger partial charge in [0.05, 0.1) is 6.54 Å². The third kappa shape index (κ3) is 4.30. The Labute approximate surface area is 116 Å². The summed E-state index contributed by atoms with van der Waals surface area (Å²) in [5, 5.41) is 0. The first kappa shape index (κ1) is 15.6. The van der Waals surface area contributed by atoms with Gasteiger partial charge < -0.3 is 13.3 Å². The van der Waals surface area contributed by atoms with Crippen molar-refractivity contribution < 1.29 is 18.1 Å². The fourth-order valence-electron chi connectivity index (χ4n) is 1.63. The number of carbonyl (C=O) groups is 1. The molecular weight excluding hydrogens is 326 g/mol. The van der Waals surface area contributed by atoms with Gasteiger partial charge in [-0.15, -0.1) is 0 Å². The summed E-state index contributed by atoms with van der Waals surface area (Å²) in [4.78, 5) is 11.3. The van der Waals surface area contributed by atoms with E-state index in [9.17, 15) is 4.79 Å². The second-order valence-corrected chi connectivity index (χ2v) is 9.46. The normalized spacial score (nSPS) is 22.4. The molecule has 1 saturated heterocycles. The number of rotatable bonds is 7. The number of hydrogen-bond donors (Lipinski definition) is 0. The van der Waals surface area contributed by atoms with Crippen LogP contribution >= 0.6 is 27.9 Å². The van der Waals surface area contributed by atoms with Crippen molar-refractivity contribution in [3.8, 4) is 0 Å². The molecule has 1 heterocycles. The summed E-state index contributed by atoms with van der Waals surface area (Å²) in [6.45, 7) is 1.34. The molecule has 1 atom stereocenters. The first-order chi connectivity index (χ1) is 8.06. The molecule has 0 saturated carbocycles. The molecule has 1 aliphatic rings. The van der Waals surface area contributed by atoms with Gasteiger partial charge in [0.1, 0.15) is 4.16 Å². The Kier molecular flexibility index (Phi) is 6.63. The van der Waals surface area contributed by atoms with Gasteiger partial charge in [-0.25, -0.2) is 4.31 Å². The maximum absolute atomic E-state index is 11.3. The molecular formula is C9H18BrNO4SSi. The van der Waals surface area contributed by atoms with E-state index in [0.717, 1.165) is 19.0 Å². The van der Waals surface area contributed by atoms with Gasteiger partial charge in [0.15, 0.2) is 5.78 Å². The highest BCUT2D eigenvalue weighted by Gasteiger charge is 2.37. The Bertz CT molecular complexity index is 259. The van der Waals surface area contributed by atoms with Gasteiger partial charge in [0.25, 0.3) is 0 Å². The van der Waals surface area contributed by atoms with Crippen LogP contribution in [0.1, 0.15) is 6.42 Å². The summed E-state index contributed by atoms with van der Waals surface area (Å²) in [5.41, 5.74) is 0. The molecule has 0 N–H and O–H groups in total. The number of halogens is 1. The maximum atomic E-state index is 11.3. The number of carbonyl (C=O) groups excluding carboxylic acids is 1. The van der Waals surface area contributed by atoms with E-state index < -0.39 is 8.80 Å². The highest BCUT2D eigenvalue weighted by molar-refractivity contribution is 9.11. The largest absolute Gasteiger partial charge is 0.500 e. The van der Waals surface area contributed by atoms with Crippen LogP contribution in [0, 0.1) is 0 Å². The van der Waals surface area contributed by atoms with E-state index in [-0.39, 0.29) is 9.94 Å². The number of ketones is 1. The third-order valence-electron chi connectivity index (χ3n) is 2.65. The third-order valence-corrected chi connectivity index (χ3v) is 7.55. The summed E-state index contributed by atoms with van der Waals surface area (Å²) in [5.74, 6) is 0.226. The summed E-state index contributed by atoms with van der Waals surface area (Å²) >= 11 is 4.86. The Hall–Kier alpha value is 0.557. The number of Topliss-reactive ketones (excluding diaryl/α,β-unsaturated/α-hetero) is 1. The molecule has 0 amide bonds. The fourth-order valence-corrected chi connectivity index (χ4v) is 5.08. The van der Waals surface area contributed by atoms with Gasteiger partial charge in [-0.3, -0.25) is 4.79 Å². The van der Waals surface area contributed by atoms with Crippen molar-refractivity contribution in [2.75, 3.05) is 34.4 Å². The van der Waals surface area contributed by atoms with Crippen LogP contribution in [0.2, 0.25) is 6.04 Å². The molecule has 1 unspecified atom stereocenters. The van der Waals surface area contributed by atoms with Crippen LogP contribution in [0.15, 0.2) is 0 Å². The van der Waals surface area contributed by atoms with Crippen molar-refractivity contribution in [2.24, 2.45) is 0 Å². The van der Waals surface area contributed by atoms with Gasteiger partial charge in [0, 0.05) is 33.9 Å². The number of hydrogen-bond acceptors (Lipinski definition) is 6. The zero-order valence-corrected chi connectivity index (χ0v) is 13.7. The molecule has 0 aromatic rings. The van der Waals surface area contributed by atoms with Crippen molar-refractivity contribution in [3.05, 3.63) is 0 Å². The van der Waals surface area contributed by atoms with E-state index in [2.05, 4.69) is 20.2 Å². The molecule has 0 aromatic heterocycles. The van der Waals surface area contributed by atoms with E-state index in [1.54, 1.807) is 33.3 Å². The first-order valence-electron chi connectivity index (χ1n) is 5.31. The first-order valence-corrected chi connectivity index (χ1v) is 8.99. The summed E-state index contributed by atoms with van der Waals surface area (Å²) in [6.07, 6.45) is 0.891. The van der Waals surface area contributed by atoms with E-state index >= 15 is 0 Å². The Morgan fingerprint density at radius 2 is 2.00 bits per heavy atom. The molecule has 5 nitrogen and oxygen atoms in total. The lowest BCUT2D eigenvalue weighted by atomic mass is 10.4. The highest BCUT2D eigenvalue weighted by Crippen LogP contribution is 2.30. The second kappa shape index (κ2) is 7.22. The zero-order valence-electron chi connectivity index (χ0n) is 10.3. The lowest BCUT2D eigenvalue weighted by Crippen LogP contribution is -2.43. The van der Waals surface area contributed by atoms with Crippen LogP contribution < -0.4 is 0 Å². The standard InChI is InChI=1S/C9H18BrNO4SSi/c1-13-17(14-2,15-3)6-4-5-11-7-8(12)9(10)16-11/h9H,4-7H2,1-3H3. The van der Waals surface area contributed by atoms with Crippen molar-refractivity contribution in [1.29, 1.82) is 0 Å². The van der Waals surface area contributed by atoms with Gasteiger partial charge in [-0.05, 0) is 6.42 Å². The van der Waals surface area contributed by atoms with E-state index in [0.29, 0.717) is 6.54 Å². The Morgan fingerprint density at radius 1 is 1.41 bits per heavy atom. The minimum Gasteiger partial charge on any atom is -0.377 e. The topological polar surface area (TPSA) is 48.0 Å². The minimum absolute atomic E-state index is 0.0863. The summed E-state index contributed by atoms with van der Waals surface area (Å²) in [7, 11) is 2.38. The molecule has 8 heteroatoms. The number of nitrogens with zero attached hydrogens (tertiary/aromatic N) is 1. The molecule has 0 radical (unpaired) electrons. The molecule has 0 aromatic carbocycles. The summed E-state index contributed by atoms with van der Waals surface area (Å²) < 4.78 is 18.0. The van der Waals surface area contributed by atoms with Crippen molar-refractivity contribution in [1.82, 2.24) is 4.31 Å². The van der Waals surface area contributed by atoms with E-state index in [1.807, 2.05) is 0 Å². The van der Waals surface area contributed by atoms with Crippen LogP contribution in [0.5, 0.6) is 0 Å². The van der Waals surface area contributed by atoms with E-state index in [4.69, 9.17) is 13.3 Å². The molecule has 0 bridgehead atoms. The smallest absolute Gasteiger partial charge is 0.377 e. The van der Waals surface area contributed by atoms with Crippen LogP contribution in [0.25, 0.3) is 0 Å². The quantitative estimate of drug-likeness (QED) is 0.396. The highest BCUT2D eigenvalue weighted by atomic mass is 79.9.